The first kappa shape index (κ1) is 31.4. The fraction of sp³-hybridized carbons (Fsp3) is 0. The molecule has 0 radical (unpaired) electrons. The molecule has 264 valence electrons. The number of nitrogens with zero attached hydrogens (tertiary/aromatic N) is 1. The molecular weight excluding hydrogens is 723 g/mol. The van der Waals surface area contributed by atoms with Crippen molar-refractivity contribution in [2.75, 3.05) is 0 Å². The van der Waals surface area contributed by atoms with Gasteiger partial charge in [-0.05, 0) is 90.0 Å². The summed E-state index contributed by atoms with van der Waals surface area (Å²) >= 11 is 1.94. The molecule has 2 aliphatic rings. The van der Waals surface area contributed by atoms with Crippen molar-refractivity contribution in [1.82, 2.24) is 4.57 Å². The number of benzene rings is 9. The van der Waals surface area contributed by atoms with E-state index >= 15 is 0 Å². The fourth-order valence-corrected chi connectivity index (χ4v) is 17.5. The smallest absolute Gasteiger partial charge is 0.182 e. The molecule has 2 aliphatic heterocycles. The van der Waals surface area contributed by atoms with Gasteiger partial charge in [0.2, 0.25) is 0 Å². The Labute approximate surface area is 335 Å². The number of aromatic nitrogens is 1. The molecule has 1 spiro atoms. The normalized spacial score (nSPS) is 15.1. The second-order valence-electron chi connectivity index (χ2n) is 15.5. The average molecular weight is 756 g/mol. The van der Waals surface area contributed by atoms with Gasteiger partial charge in [-0.1, -0.05) is 170 Å². The Hall–Kier alpha value is -6.78. The van der Waals surface area contributed by atoms with Gasteiger partial charge in [0.1, 0.15) is 0 Å². The van der Waals surface area contributed by atoms with Crippen molar-refractivity contribution in [2.45, 2.75) is 0 Å². The SMILES string of the molecule is c1ccc2c(c1)-c1ccc(-n3c4ccccc4c4ccccc43)cc1-c1ccccc1[Si]21c2ccccc2-c2ccc3c(sc4ccccc43)c2-c2ccccc21. The zero-order valence-corrected chi connectivity index (χ0v) is 32.7. The first-order chi connectivity index (χ1) is 28.3. The molecule has 1 nitrogen and oxygen atoms in total. The maximum atomic E-state index is 2.48. The largest absolute Gasteiger partial charge is 0.309 e. The molecular formula is C54H33NSSi. The molecule has 0 saturated heterocycles. The van der Waals surface area contributed by atoms with E-state index in [4.69, 9.17) is 0 Å². The van der Waals surface area contributed by atoms with Crippen LogP contribution in [0.5, 0.6) is 0 Å². The third-order valence-electron chi connectivity index (χ3n) is 12.9. The van der Waals surface area contributed by atoms with E-state index in [0.29, 0.717) is 0 Å². The molecule has 1 atom stereocenters. The molecule has 0 fully saturated rings. The van der Waals surface area contributed by atoms with E-state index in [1.165, 1.54) is 113 Å². The molecule has 57 heavy (non-hydrogen) atoms. The minimum Gasteiger partial charge on any atom is -0.309 e. The second-order valence-corrected chi connectivity index (χ2v) is 20.2. The summed E-state index contributed by atoms with van der Waals surface area (Å²) in [4.78, 5) is 0. The monoisotopic (exact) mass is 755 g/mol. The Kier molecular flexibility index (Phi) is 6.41. The molecule has 0 N–H and O–H groups in total. The summed E-state index contributed by atoms with van der Waals surface area (Å²) in [5.41, 5.74) is 14.2. The number of thiophene rings is 1. The van der Waals surface area contributed by atoms with Gasteiger partial charge < -0.3 is 4.57 Å². The lowest BCUT2D eigenvalue weighted by Gasteiger charge is -2.37. The van der Waals surface area contributed by atoms with Gasteiger partial charge in [-0.25, -0.2) is 0 Å². The van der Waals surface area contributed by atoms with Crippen molar-refractivity contribution in [3.8, 4) is 50.2 Å². The van der Waals surface area contributed by atoms with Crippen molar-refractivity contribution in [2.24, 2.45) is 0 Å². The molecule has 3 heteroatoms. The summed E-state index contributed by atoms with van der Waals surface area (Å²) < 4.78 is 5.17. The molecule has 2 aromatic heterocycles. The quantitative estimate of drug-likeness (QED) is 0.147. The Bertz CT molecular complexity index is 3440. The van der Waals surface area contributed by atoms with Crippen LogP contribution in [0, 0.1) is 0 Å². The summed E-state index contributed by atoms with van der Waals surface area (Å²) in [5, 5.41) is 11.0. The third-order valence-corrected chi connectivity index (χ3v) is 19.0. The van der Waals surface area contributed by atoms with Gasteiger partial charge in [-0.2, -0.15) is 0 Å². The van der Waals surface area contributed by atoms with Crippen LogP contribution < -0.4 is 20.7 Å². The Morgan fingerprint density at radius 2 is 0.807 bits per heavy atom. The van der Waals surface area contributed by atoms with Gasteiger partial charge in [-0.3, -0.25) is 0 Å². The number of hydrogen-bond acceptors (Lipinski definition) is 1. The molecule has 0 bridgehead atoms. The highest BCUT2D eigenvalue weighted by atomic mass is 32.1. The lowest BCUT2D eigenvalue weighted by molar-refractivity contribution is 1.18. The predicted molar refractivity (Wildman–Crippen MR) is 246 cm³/mol. The predicted octanol–water partition coefficient (Wildman–Crippen LogP) is 11.8. The van der Waals surface area contributed by atoms with Gasteiger partial charge in [0, 0.05) is 42.2 Å². The number of rotatable bonds is 1. The van der Waals surface area contributed by atoms with Crippen LogP contribution in [0.25, 0.3) is 92.2 Å². The average Bonchev–Trinajstić information content (AvgIpc) is 3.76. The molecule has 0 amide bonds. The van der Waals surface area contributed by atoms with Crippen LogP contribution in [0.2, 0.25) is 0 Å². The van der Waals surface area contributed by atoms with E-state index < -0.39 is 8.07 Å². The molecule has 9 aromatic carbocycles. The van der Waals surface area contributed by atoms with Crippen LogP contribution in [0.4, 0.5) is 0 Å². The van der Waals surface area contributed by atoms with Crippen molar-refractivity contribution in [3.63, 3.8) is 0 Å². The number of fused-ring (bicyclic) bond motifs is 21. The highest BCUT2D eigenvalue weighted by molar-refractivity contribution is 7.26. The molecule has 4 heterocycles. The molecule has 0 aliphatic carbocycles. The van der Waals surface area contributed by atoms with Crippen LogP contribution in [0.15, 0.2) is 200 Å². The Morgan fingerprint density at radius 3 is 1.46 bits per heavy atom. The van der Waals surface area contributed by atoms with Crippen LogP contribution in [-0.2, 0) is 0 Å². The van der Waals surface area contributed by atoms with E-state index in [0.717, 1.165) is 0 Å². The van der Waals surface area contributed by atoms with Gasteiger partial charge >= 0.3 is 0 Å². The topological polar surface area (TPSA) is 4.93 Å². The van der Waals surface area contributed by atoms with E-state index in [1.807, 2.05) is 11.3 Å². The van der Waals surface area contributed by atoms with Crippen molar-refractivity contribution < 1.29 is 0 Å². The summed E-state index contributed by atoms with van der Waals surface area (Å²) in [5.74, 6) is 0. The van der Waals surface area contributed by atoms with Gasteiger partial charge in [-0.15, -0.1) is 11.3 Å². The summed E-state index contributed by atoms with van der Waals surface area (Å²) in [6.07, 6.45) is 0. The third kappa shape index (κ3) is 4.07. The number of para-hydroxylation sites is 2. The second kappa shape index (κ2) is 11.6. The molecule has 11 aromatic rings. The van der Waals surface area contributed by atoms with Crippen molar-refractivity contribution in [3.05, 3.63) is 200 Å². The maximum absolute atomic E-state index is 3.05. The van der Waals surface area contributed by atoms with E-state index in [2.05, 4.69) is 205 Å². The minimum atomic E-state index is -3.05. The zero-order valence-electron chi connectivity index (χ0n) is 30.9. The lowest BCUT2D eigenvalue weighted by atomic mass is 9.93. The van der Waals surface area contributed by atoms with E-state index in [-0.39, 0.29) is 0 Å². The minimum absolute atomic E-state index is 1.18. The van der Waals surface area contributed by atoms with Crippen LogP contribution in [0.1, 0.15) is 0 Å². The Morgan fingerprint density at radius 1 is 0.333 bits per heavy atom. The zero-order chi connectivity index (χ0) is 37.2. The lowest BCUT2D eigenvalue weighted by Crippen LogP contribution is -2.75. The molecule has 0 saturated carbocycles. The molecule has 1 unspecified atom stereocenters. The van der Waals surface area contributed by atoms with Crippen molar-refractivity contribution in [1.29, 1.82) is 0 Å². The molecule has 13 rings (SSSR count). The van der Waals surface area contributed by atoms with Crippen LogP contribution in [0.3, 0.4) is 0 Å². The van der Waals surface area contributed by atoms with Crippen molar-refractivity contribution >= 4 is 82.1 Å². The Balaban J connectivity index is 1.18. The summed E-state index contributed by atoms with van der Waals surface area (Å²) in [6.45, 7) is 0. The van der Waals surface area contributed by atoms with Gasteiger partial charge in [0.05, 0.1) is 11.0 Å². The van der Waals surface area contributed by atoms with E-state index in [9.17, 15) is 0 Å². The standard InChI is InChI=1S/C54H33NSSi/c1-8-22-46-36(15-1)37-16-2-9-23-47(37)55(46)34-29-30-35-39-18-4-11-25-49(39)57(51-27-13-6-20-41(51)45(35)33-34)50-26-12-5-19-40(50)42-31-32-43-38-17-3-10-24-48(38)56-54(43)53(42)44-21-7-14-28-52(44)57/h1-33H. The van der Waals surface area contributed by atoms with Crippen LogP contribution >= 0.6 is 11.3 Å². The first-order valence-corrected chi connectivity index (χ1v) is 22.6. The maximum Gasteiger partial charge on any atom is 0.182 e. The summed E-state index contributed by atoms with van der Waals surface area (Å²) in [7, 11) is -3.05. The van der Waals surface area contributed by atoms with Gasteiger partial charge in [0.25, 0.3) is 0 Å². The number of hydrogen-bond donors (Lipinski definition) is 0. The highest BCUT2D eigenvalue weighted by Gasteiger charge is 2.50. The van der Waals surface area contributed by atoms with E-state index in [1.54, 1.807) is 0 Å². The first-order valence-electron chi connectivity index (χ1n) is 19.8. The van der Waals surface area contributed by atoms with Crippen LogP contribution in [-0.4, -0.2) is 12.6 Å². The summed E-state index contributed by atoms with van der Waals surface area (Å²) in [6, 6.07) is 76.2. The van der Waals surface area contributed by atoms with Gasteiger partial charge in [0.15, 0.2) is 8.07 Å². The fourth-order valence-electron chi connectivity index (χ4n) is 10.6. The highest BCUT2D eigenvalue weighted by Crippen LogP contribution is 2.47.